The molecule has 1 amide bonds. The van der Waals surface area contributed by atoms with Crippen LogP contribution in [0.3, 0.4) is 0 Å². The minimum absolute atomic E-state index is 0.107. The van der Waals surface area contributed by atoms with Gasteiger partial charge in [-0.15, -0.1) is 0 Å². The average molecular weight is 444 g/mol. The first-order valence-corrected chi connectivity index (χ1v) is 11.1. The van der Waals surface area contributed by atoms with Crippen LogP contribution in [0.4, 0.5) is 11.4 Å². The van der Waals surface area contributed by atoms with Crippen molar-refractivity contribution in [2.24, 2.45) is 0 Å². The lowest BCUT2D eigenvalue weighted by Gasteiger charge is -2.36. The van der Waals surface area contributed by atoms with Crippen molar-refractivity contribution in [2.45, 2.75) is 32.6 Å². The summed E-state index contributed by atoms with van der Waals surface area (Å²) in [6.45, 7) is 7.48. The minimum Gasteiger partial charge on any atom is -0.367 e. The first kappa shape index (κ1) is 20.9. The molecule has 0 radical (unpaired) electrons. The molecule has 28 heavy (non-hydrogen) atoms. The van der Waals surface area contributed by atoms with E-state index in [1.807, 2.05) is 12.1 Å². The Kier molecular flexibility index (Phi) is 7.92. The number of carbonyl (C=O) groups is 1. The summed E-state index contributed by atoms with van der Waals surface area (Å²) in [5, 5.41) is 3.14. The predicted octanol–water partition coefficient (Wildman–Crippen LogP) is 4.94. The van der Waals surface area contributed by atoms with Crippen molar-refractivity contribution >= 4 is 33.2 Å². The fourth-order valence-electron chi connectivity index (χ4n) is 3.64. The molecule has 0 aliphatic carbocycles. The van der Waals surface area contributed by atoms with Crippen molar-refractivity contribution in [2.75, 3.05) is 42.9 Å². The molecule has 5 heteroatoms. The van der Waals surface area contributed by atoms with Crippen LogP contribution in [0.1, 0.15) is 31.7 Å². The molecular formula is C23H30BrN3O. The first-order chi connectivity index (χ1) is 13.7. The minimum atomic E-state index is 0.107. The second-order valence-electron chi connectivity index (χ2n) is 7.32. The van der Waals surface area contributed by atoms with Gasteiger partial charge in [-0.1, -0.05) is 47.1 Å². The van der Waals surface area contributed by atoms with Crippen LogP contribution in [0, 0.1) is 0 Å². The maximum atomic E-state index is 12.5. The zero-order valence-electron chi connectivity index (χ0n) is 16.7. The number of nitrogens with one attached hydrogen (secondary N) is 1. The fourth-order valence-corrected chi connectivity index (χ4v) is 3.90. The fraction of sp³-hybridized carbons (Fsp3) is 0.435. The summed E-state index contributed by atoms with van der Waals surface area (Å²) in [7, 11) is 0. The lowest BCUT2D eigenvalue weighted by molar-refractivity contribution is -0.116. The van der Waals surface area contributed by atoms with Crippen LogP contribution >= 0.6 is 15.9 Å². The number of unbranched alkanes of at least 4 members (excludes halogenated alkanes) is 1. The number of carbonyl (C=O) groups excluding carboxylic acids is 1. The third-order valence-electron chi connectivity index (χ3n) is 5.37. The average Bonchev–Trinajstić information content (AvgIpc) is 2.73. The van der Waals surface area contributed by atoms with Gasteiger partial charge in [0.2, 0.25) is 5.91 Å². The van der Waals surface area contributed by atoms with Crippen LogP contribution in [0.5, 0.6) is 0 Å². The highest BCUT2D eigenvalue weighted by Gasteiger charge is 2.18. The van der Waals surface area contributed by atoms with Gasteiger partial charge in [0.25, 0.3) is 0 Å². The molecular weight excluding hydrogens is 414 g/mol. The Bertz CT molecular complexity index is 755. The lowest BCUT2D eigenvalue weighted by atomic mass is 10.1. The summed E-state index contributed by atoms with van der Waals surface area (Å²) in [4.78, 5) is 17.3. The molecule has 1 saturated heterocycles. The number of rotatable bonds is 8. The molecule has 4 nitrogen and oxygen atoms in total. The number of benzene rings is 2. The summed E-state index contributed by atoms with van der Waals surface area (Å²) in [5.41, 5.74) is 3.40. The third kappa shape index (κ3) is 6.08. The van der Waals surface area contributed by atoms with Crippen molar-refractivity contribution < 1.29 is 4.79 Å². The van der Waals surface area contributed by atoms with Crippen molar-refractivity contribution in [1.29, 1.82) is 0 Å². The van der Waals surface area contributed by atoms with Crippen molar-refractivity contribution in [3.8, 4) is 0 Å². The monoisotopic (exact) mass is 443 g/mol. The number of likely N-dealkylation sites (N-methyl/N-ethyl adjacent to an activating group) is 1. The topological polar surface area (TPSA) is 35.6 Å². The molecule has 2 aromatic carbocycles. The number of nitrogens with zero attached hydrogens (tertiary/aromatic N) is 2. The number of para-hydroxylation sites is 2. The van der Waals surface area contributed by atoms with E-state index in [0.29, 0.717) is 6.42 Å². The smallest absolute Gasteiger partial charge is 0.224 e. The van der Waals surface area contributed by atoms with Gasteiger partial charge in [-0.2, -0.15) is 0 Å². The van der Waals surface area contributed by atoms with Crippen molar-refractivity contribution in [3.63, 3.8) is 0 Å². The van der Waals surface area contributed by atoms with Crippen molar-refractivity contribution in [1.82, 2.24) is 4.90 Å². The number of aryl methyl sites for hydroxylation is 1. The molecule has 1 aliphatic heterocycles. The Labute approximate surface area is 177 Å². The highest BCUT2D eigenvalue weighted by atomic mass is 79.9. The van der Waals surface area contributed by atoms with Crippen LogP contribution in [0.15, 0.2) is 53.0 Å². The number of piperazine rings is 1. The van der Waals surface area contributed by atoms with Gasteiger partial charge in [0.1, 0.15) is 0 Å². The van der Waals surface area contributed by atoms with E-state index in [2.05, 4.69) is 74.4 Å². The Morgan fingerprint density at radius 2 is 1.71 bits per heavy atom. The summed E-state index contributed by atoms with van der Waals surface area (Å²) < 4.78 is 1.10. The van der Waals surface area contributed by atoms with Crippen LogP contribution in [0.25, 0.3) is 0 Å². The molecule has 150 valence electrons. The third-order valence-corrected chi connectivity index (χ3v) is 5.90. The van der Waals surface area contributed by atoms with Gasteiger partial charge in [-0.3, -0.25) is 4.79 Å². The van der Waals surface area contributed by atoms with E-state index in [1.54, 1.807) is 0 Å². The number of anilines is 2. The van der Waals surface area contributed by atoms with E-state index in [1.165, 1.54) is 5.56 Å². The first-order valence-electron chi connectivity index (χ1n) is 10.3. The van der Waals surface area contributed by atoms with Crippen LogP contribution in [-0.2, 0) is 11.2 Å². The van der Waals surface area contributed by atoms with Gasteiger partial charge in [0.05, 0.1) is 11.4 Å². The number of amides is 1. The Balaban J connectivity index is 1.47. The van der Waals surface area contributed by atoms with Crippen LogP contribution in [0.2, 0.25) is 0 Å². The van der Waals surface area contributed by atoms with Crippen LogP contribution < -0.4 is 10.2 Å². The summed E-state index contributed by atoms with van der Waals surface area (Å²) in [5.74, 6) is 0.107. The van der Waals surface area contributed by atoms with E-state index in [-0.39, 0.29) is 5.91 Å². The molecule has 0 aromatic heterocycles. The van der Waals surface area contributed by atoms with E-state index in [0.717, 1.165) is 67.8 Å². The summed E-state index contributed by atoms with van der Waals surface area (Å²) in [6.07, 6.45) is 3.50. The van der Waals surface area contributed by atoms with Crippen molar-refractivity contribution in [3.05, 3.63) is 58.6 Å². The largest absolute Gasteiger partial charge is 0.367 e. The molecule has 1 fully saturated rings. The van der Waals surface area contributed by atoms with Gasteiger partial charge < -0.3 is 15.1 Å². The molecule has 1 heterocycles. The molecule has 0 unspecified atom stereocenters. The van der Waals surface area contributed by atoms with Gasteiger partial charge in [-0.25, -0.2) is 0 Å². The highest BCUT2D eigenvalue weighted by Crippen LogP contribution is 2.27. The molecule has 0 bridgehead atoms. The molecule has 3 rings (SSSR count). The molecule has 1 aliphatic rings. The lowest BCUT2D eigenvalue weighted by Crippen LogP contribution is -2.46. The maximum absolute atomic E-state index is 12.5. The number of hydrogen-bond donors (Lipinski definition) is 1. The zero-order valence-corrected chi connectivity index (χ0v) is 18.2. The van der Waals surface area contributed by atoms with E-state index in [4.69, 9.17) is 0 Å². The zero-order chi connectivity index (χ0) is 19.8. The SMILES string of the molecule is CCN1CCN(c2ccccc2NC(=O)CCCCc2ccc(Br)cc2)CC1. The standard InChI is InChI=1S/C23H30BrN3O/c1-2-26-15-17-27(18-16-26)22-9-5-4-8-21(22)25-23(28)10-6-3-7-19-11-13-20(24)14-12-19/h4-5,8-9,11-14H,2-3,6-7,10,15-18H2,1H3,(H,25,28). The number of halogens is 1. The Morgan fingerprint density at radius 1 is 1.00 bits per heavy atom. The Hall–Kier alpha value is -1.85. The van der Waals surface area contributed by atoms with Gasteiger partial charge in [-0.05, 0) is 55.6 Å². The van der Waals surface area contributed by atoms with E-state index >= 15 is 0 Å². The highest BCUT2D eigenvalue weighted by molar-refractivity contribution is 9.10. The van der Waals surface area contributed by atoms with E-state index in [9.17, 15) is 4.79 Å². The van der Waals surface area contributed by atoms with Crippen LogP contribution in [-0.4, -0.2) is 43.5 Å². The molecule has 0 atom stereocenters. The summed E-state index contributed by atoms with van der Waals surface area (Å²) >= 11 is 3.46. The Morgan fingerprint density at radius 3 is 2.43 bits per heavy atom. The predicted molar refractivity (Wildman–Crippen MR) is 121 cm³/mol. The quantitative estimate of drug-likeness (QED) is 0.586. The molecule has 0 spiro atoms. The van der Waals surface area contributed by atoms with Gasteiger partial charge >= 0.3 is 0 Å². The summed E-state index contributed by atoms with van der Waals surface area (Å²) in [6, 6.07) is 16.6. The molecule has 0 saturated carbocycles. The number of hydrogen-bond acceptors (Lipinski definition) is 3. The maximum Gasteiger partial charge on any atom is 0.224 e. The van der Waals surface area contributed by atoms with Gasteiger partial charge in [0, 0.05) is 37.1 Å². The molecule has 2 aromatic rings. The molecule has 1 N–H and O–H groups in total. The normalized spacial score (nSPS) is 14.9. The van der Waals surface area contributed by atoms with Gasteiger partial charge in [0.15, 0.2) is 0 Å². The second kappa shape index (κ2) is 10.6. The van der Waals surface area contributed by atoms with E-state index < -0.39 is 0 Å². The second-order valence-corrected chi connectivity index (χ2v) is 8.24.